The van der Waals surface area contributed by atoms with Crippen LogP contribution in [0.5, 0.6) is 0 Å². The number of nitrogens with one attached hydrogen (secondary N) is 4. The van der Waals surface area contributed by atoms with E-state index in [1.54, 1.807) is 24.3 Å². The van der Waals surface area contributed by atoms with Crippen molar-refractivity contribution in [2.24, 2.45) is 0 Å². The highest BCUT2D eigenvalue weighted by atomic mass is 35.5. The van der Waals surface area contributed by atoms with Gasteiger partial charge in [-0.2, -0.15) is 0 Å². The van der Waals surface area contributed by atoms with Gasteiger partial charge in [-0.25, -0.2) is 9.59 Å². The van der Waals surface area contributed by atoms with Gasteiger partial charge in [0.2, 0.25) is 0 Å². The number of amides is 4. The van der Waals surface area contributed by atoms with E-state index in [-0.39, 0.29) is 12.1 Å². The molecule has 0 saturated heterocycles. The Balaban J connectivity index is 1.21. The van der Waals surface area contributed by atoms with Gasteiger partial charge in [0.15, 0.2) is 0 Å². The van der Waals surface area contributed by atoms with Crippen LogP contribution in [0, 0.1) is 0 Å². The number of carbonyl (C=O) groups excluding carboxylic acids is 2. The molecule has 4 rings (SSSR count). The van der Waals surface area contributed by atoms with Crippen LogP contribution in [0.15, 0.2) is 97.1 Å². The van der Waals surface area contributed by atoms with Gasteiger partial charge in [0.25, 0.3) is 0 Å². The lowest BCUT2D eigenvalue weighted by Crippen LogP contribution is -2.28. The van der Waals surface area contributed by atoms with Crippen LogP contribution in [0.25, 0.3) is 0 Å². The molecule has 8 heteroatoms. The Kier molecular flexibility index (Phi) is 9.03. The van der Waals surface area contributed by atoms with E-state index in [2.05, 4.69) is 21.3 Å². The van der Waals surface area contributed by atoms with Gasteiger partial charge < -0.3 is 21.3 Å². The zero-order valence-electron chi connectivity index (χ0n) is 19.9. The Hall–Kier alpha value is -4.00. The summed E-state index contributed by atoms with van der Waals surface area (Å²) in [5.74, 6) is 0. The first-order valence-corrected chi connectivity index (χ1v) is 12.4. The molecule has 0 aliphatic rings. The van der Waals surface area contributed by atoms with Crippen LogP contribution in [-0.2, 0) is 19.5 Å². The molecule has 4 aromatic rings. The maximum atomic E-state index is 12.2. The summed E-state index contributed by atoms with van der Waals surface area (Å²) in [5, 5.41) is 12.6. The number of benzene rings is 4. The van der Waals surface area contributed by atoms with Crippen LogP contribution in [-0.4, -0.2) is 12.1 Å². The van der Waals surface area contributed by atoms with E-state index in [9.17, 15) is 9.59 Å². The fraction of sp³-hybridized carbons (Fsp3) is 0.103. The third kappa shape index (κ3) is 8.56. The number of urea groups is 2. The minimum atomic E-state index is -0.275. The van der Waals surface area contributed by atoms with E-state index in [1.807, 2.05) is 72.8 Å². The highest BCUT2D eigenvalue weighted by Gasteiger charge is 2.05. The van der Waals surface area contributed by atoms with E-state index in [1.165, 1.54) is 0 Å². The summed E-state index contributed by atoms with van der Waals surface area (Å²) in [6.45, 7) is 0.825. The van der Waals surface area contributed by atoms with Gasteiger partial charge in [-0.15, -0.1) is 0 Å². The van der Waals surface area contributed by atoms with Crippen molar-refractivity contribution in [3.05, 3.63) is 129 Å². The maximum Gasteiger partial charge on any atom is 0.319 e. The van der Waals surface area contributed by atoms with E-state index in [0.29, 0.717) is 34.5 Å². The topological polar surface area (TPSA) is 82.3 Å². The summed E-state index contributed by atoms with van der Waals surface area (Å²) in [6, 6.07) is 29.5. The summed E-state index contributed by atoms with van der Waals surface area (Å²) in [6.07, 6.45) is 0.728. The molecule has 0 fully saturated rings. The molecule has 6 nitrogen and oxygen atoms in total. The molecular formula is C29H26Cl2N4O2. The Morgan fingerprint density at radius 3 is 1.16 bits per heavy atom. The van der Waals surface area contributed by atoms with Gasteiger partial charge in [0, 0.05) is 34.5 Å². The molecule has 0 heterocycles. The Labute approximate surface area is 226 Å². The fourth-order valence-electron chi connectivity index (χ4n) is 3.57. The van der Waals surface area contributed by atoms with Crippen molar-refractivity contribution >= 4 is 46.6 Å². The van der Waals surface area contributed by atoms with Gasteiger partial charge >= 0.3 is 12.1 Å². The second-order valence-electron chi connectivity index (χ2n) is 8.44. The number of carbonyl (C=O) groups is 2. The SMILES string of the molecule is O=C(NCc1ccc(Cl)cc1)Nc1ccc(Cc2ccc(NC(=O)NCc3ccc(Cl)cc3)cc2)cc1. The van der Waals surface area contributed by atoms with Crippen molar-refractivity contribution in [2.75, 3.05) is 10.6 Å². The minimum absolute atomic E-state index is 0.275. The normalized spacial score (nSPS) is 10.4. The molecule has 4 amide bonds. The average Bonchev–Trinajstić information content (AvgIpc) is 2.90. The van der Waals surface area contributed by atoms with Crippen LogP contribution >= 0.6 is 23.2 Å². The molecule has 0 atom stereocenters. The number of rotatable bonds is 8. The molecule has 0 radical (unpaired) electrons. The van der Waals surface area contributed by atoms with Crippen LogP contribution in [0.2, 0.25) is 10.0 Å². The minimum Gasteiger partial charge on any atom is -0.334 e. The summed E-state index contributed by atoms with van der Waals surface area (Å²) < 4.78 is 0. The molecule has 0 unspecified atom stereocenters. The Morgan fingerprint density at radius 2 is 0.811 bits per heavy atom. The highest BCUT2D eigenvalue weighted by molar-refractivity contribution is 6.30. The lowest BCUT2D eigenvalue weighted by Gasteiger charge is -2.10. The van der Waals surface area contributed by atoms with Crippen molar-refractivity contribution < 1.29 is 9.59 Å². The van der Waals surface area contributed by atoms with Crippen LogP contribution < -0.4 is 21.3 Å². The van der Waals surface area contributed by atoms with Crippen LogP contribution in [0.4, 0.5) is 21.0 Å². The predicted molar refractivity (Wildman–Crippen MR) is 150 cm³/mol. The first-order valence-electron chi connectivity index (χ1n) is 11.7. The fourth-order valence-corrected chi connectivity index (χ4v) is 3.82. The average molecular weight is 533 g/mol. The molecule has 0 spiro atoms. The van der Waals surface area contributed by atoms with E-state index < -0.39 is 0 Å². The Morgan fingerprint density at radius 1 is 0.486 bits per heavy atom. The van der Waals surface area contributed by atoms with Crippen molar-refractivity contribution in [3.63, 3.8) is 0 Å². The zero-order valence-corrected chi connectivity index (χ0v) is 21.4. The van der Waals surface area contributed by atoms with Gasteiger partial charge in [0.05, 0.1) is 0 Å². The second-order valence-corrected chi connectivity index (χ2v) is 9.31. The monoisotopic (exact) mass is 532 g/mol. The number of hydrogen-bond donors (Lipinski definition) is 4. The lowest BCUT2D eigenvalue weighted by molar-refractivity contribution is 0.251. The molecule has 0 aliphatic heterocycles. The first-order chi connectivity index (χ1) is 17.9. The summed E-state index contributed by atoms with van der Waals surface area (Å²) in [5.41, 5.74) is 5.56. The molecule has 4 N–H and O–H groups in total. The summed E-state index contributed by atoms with van der Waals surface area (Å²) >= 11 is 11.8. The van der Waals surface area contributed by atoms with E-state index >= 15 is 0 Å². The molecule has 37 heavy (non-hydrogen) atoms. The third-order valence-corrected chi connectivity index (χ3v) is 6.07. The highest BCUT2D eigenvalue weighted by Crippen LogP contribution is 2.16. The third-order valence-electron chi connectivity index (χ3n) is 5.56. The smallest absolute Gasteiger partial charge is 0.319 e. The van der Waals surface area contributed by atoms with E-state index in [0.717, 1.165) is 28.7 Å². The predicted octanol–water partition coefficient (Wildman–Crippen LogP) is 7.23. The van der Waals surface area contributed by atoms with Crippen molar-refractivity contribution in [3.8, 4) is 0 Å². The van der Waals surface area contributed by atoms with Crippen molar-refractivity contribution in [2.45, 2.75) is 19.5 Å². The van der Waals surface area contributed by atoms with Gasteiger partial charge in [-0.3, -0.25) is 0 Å². The first kappa shape index (κ1) is 26.1. The van der Waals surface area contributed by atoms with Gasteiger partial charge in [-0.1, -0.05) is 71.7 Å². The van der Waals surface area contributed by atoms with Crippen LogP contribution in [0.3, 0.4) is 0 Å². The zero-order chi connectivity index (χ0) is 26.0. The quantitative estimate of drug-likeness (QED) is 0.193. The molecule has 0 aromatic heterocycles. The maximum absolute atomic E-state index is 12.2. The standard InChI is InChI=1S/C29H26Cl2N4O2/c30-24-9-1-22(2-10-24)18-32-28(36)34-26-13-5-20(6-14-26)17-21-7-15-27(16-8-21)35-29(37)33-19-23-3-11-25(31)12-4-23/h1-16H,17-19H2,(H2,32,34,36)(H2,33,35,37). The second kappa shape index (κ2) is 12.8. The molecule has 4 aromatic carbocycles. The molecule has 0 aliphatic carbocycles. The summed E-state index contributed by atoms with van der Waals surface area (Å²) in [4.78, 5) is 24.3. The van der Waals surface area contributed by atoms with Crippen LogP contribution in [0.1, 0.15) is 22.3 Å². The molecule has 0 bridgehead atoms. The molecule has 188 valence electrons. The largest absolute Gasteiger partial charge is 0.334 e. The molecular weight excluding hydrogens is 507 g/mol. The Bertz CT molecular complexity index is 1220. The van der Waals surface area contributed by atoms with E-state index in [4.69, 9.17) is 23.2 Å². The number of anilines is 2. The van der Waals surface area contributed by atoms with Gasteiger partial charge in [-0.05, 0) is 77.2 Å². The number of hydrogen-bond acceptors (Lipinski definition) is 2. The summed E-state index contributed by atoms with van der Waals surface area (Å²) in [7, 11) is 0. The van der Waals surface area contributed by atoms with Gasteiger partial charge in [0.1, 0.15) is 0 Å². The lowest BCUT2D eigenvalue weighted by atomic mass is 10.0. The molecule has 0 saturated carbocycles. The van der Waals surface area contributed by atoms with Crippen molar-refractivity contribution in [1.82, 2.24) is 10.6 Å². The van der Waals surface area contributed by atoms with Crippen molar-refractivity contribution in [1.29, 1.82) is 0 Å². The number of halogens is 2.